The van der Waals surface area contributed by atoms with Gasteiger partial charge in [0.2, 0.25) is 0 Å². The number of aryl methyl sites for hydroxylation is 1. The van der Waals surface area contributed by atoms with Gasteiger partial charge in [-0.1, -0.05) is 51.8 Å². The van der Waals surface area contributed by atoms with E-state index in [1.165, 1.54) is 21.2 Å². The van der Waals surface area contributed by atoms with Crippen molar-refractivity contribution < 1.29 is 0 Å². The van der Waals surface area contributed by atoms with E-state index in [0.29, 0.717) is 6.04 Å². The predicted octanol–water partition coefficient (Wildman–Crippen LogP) is 5.13. The number of benzene rings is 2. The Balaban J connectivity index is 1.88. The van der Waals surface area contributed by atoms with Crippen LogP contribution in [-0.2, 0) is 13.0 Å². The predicted molar refractivity (Wildman–Crippen MR) is 90.3 cm³/mol. The van der Waals surface area contributed by atoms with Gasteiger partial charge in [0, 0.05) is 22.1 Å². The zero-order chi connectivity index (χ0) is 14.5. The smallest absolute Gasteiger partial charge is 0.0406 e. The summed E-state index contributed by atoms with van der Waals surface area (Å²) in [7, 11) is 0. The van der Waals surface area contributed by atoms with Crippen molar-refractivity contribution >= 4 is 27.5 Å². The Hall–Kier alpha value is -0.830. The van der Waals surface area contributed by atoms with Crippen LogP contribution in [-0.4, -0.2) is 6.04 Å². The molecule has 2 rings (SSSR count). The summed E-state index contributed by atoms with van der Waals surface area (Å²) in [6, 6.07) is 14.9. The Bertz CT molecular complexity index is 566. The van der Waals surface area contributed by atoms with Crippen LogP contribution in [0.25, 0.3) is 0 Å². The topological polar surface area (TPSA) is 12.0 Å². The first-order valence-corrected chi connectivity index (χ1v) is 7.94. The minimum Gasteiger partial charge on any atom is -0.310 e. The molecule has 0 aliphatic heterocycles. The van der Waals surface area contributed by atoms with Crippen molar-refractivity contribution in [3.8, 4) is 0 Å². The third kappa shape index (κ3) is 4.62. The minimum absolute atomic E-state index is 0.421. The van der Waals surface area contributed by atoms with Crippen molar-refractivity contribution in [2.75, 3.05) is 0 Å². The molecule has 0 bridgehead atoms. The van der Waals surface area contributed by atoms with Crippen molar-refractivity contribution in [2.24, 2.45) is 0 Å². The first-order chi connectivity index (χ1) is 9.54. The fourth-order valence-corrected chi connectivity index (χ4v) is 2.89. The molecule has 0 aliphatic carbocycles. The molecular weight excluding hydrogens is 334 g/mol. The molecule has 0 fully saturated rings. The maximum absolute atomic E-state index is 5.90. The van der Waals surface area contributed by atoms with Gasteiger partial charge in [0.25, 0.3) is 0 Å². The Morgan fingerprint density at radius 1 is 1.15 bits per heavy atom. The summed E-state index contributed by atoms with van der Waals surface area (Å²) in [5.74, 6) is 0. The van der Waals surface area contributed by atoms with Gasteiger partial charge in [-0.25, -0.2) is 0 Å². The van der Waals surface area contributed by atoms with E-state index in [-0.39, 0.29) is 0 Å². The zero-order valence-corrected chi connectivity index (χ0v) is 14.1. The van der Waals surface area contributed by atoms with Crippen LogP contribution >= 0.6 is 27.5 Å². The maximum Gasteiger partial charge on any atom is 0.0406 e. The van der Waals surface area contributed by atoms with E-state index >= 15 is 0 Å². The van der Waals surface area contributed by atoms with Gasteiger partial charge >= 0.3 is 0 Å². The number of rotatable bonds is 5. The lowest BCUT2D eigenvalue weighted by Crippen LogP contribution is -2.27. The number of nitrogens with one attached hydrogen (secondary N) is 1. The second-order valence-corrected chi connectivity index (χ2v) is 6.50. The Morgan fingerprint density at radius 2 is 1.85 bits per heavy atom. The van der Waals surface area contributed by atoms with Crippen molar-refractivity contribution in [1.29, 1.82) is 0 Å². The van der Waals surface area contributed by atoms with Crippen LogP contribution in [0.15, 0.2) is 46.9 Å². The molecule has 3 heteroatoms. The van der Waals surface area contributed by atoms with Gasteiger partial charge in [0.15, 0.2) is 0 Å². The summed E-state index contributed by atoms with van der Waals surface area (Å²) in [5.41, 5.74) is 3.87. The van der Waals surface area contributed by atoms with E-state index in [0.717, 1.165) is 18.0 Å². The highest BCUT2D eigenvalue weighted by Gasteiger charge is 2.05. The SMILES string of the molecule is Cc1ccc(CNC(C)Cc2ccc(Cl)cc2)c(Br)c1. The first-order valence-electron chi connectivity index (χ1n) is 6.77. The molecule has 0 amide bonds. The summed E-state index contributed by atoms with van der Waals surface area (Å²) in [4.78, 5) is 0. The summed E-state index contributed by atoms with van der Waals surface area (Å²) >= 11 is 9.52. The quantitative estimate of drug-likeness (QED) is 0.786. The highest BCUT2D eigenvalue weighted by molar-refractivity contribution is 9.10. The first kappa shape index (κ1) is 15.6. The van der Waals surface area contributed by atoms with Crippen LogP contribution in [0.4, 0.5) is 0 Å². The van der Waals surface area contributed by atoms with E-state index < -0.39 is 0 Å². The molecule has 106 valence electrons. The zero-order valence-electron chi connectivity index (χ0n) is 11.8. The molecule has 2 aromatic rings. The van der Waals surface area contributed by atoms with Crippen molar-refractivity contribution in [1.82, 2.24) is 5.32 Å². The van der Waals surface area contributed by atoms with Crippen LogP contribution in [0.1, 0.15) is 23.6 Å². The normalized spacial score (nSPS) is 12.4. The third-order valence-corrected chi connectivity index (χ3v) is 4.29. The van der Waals surface area contributed by atoms with Crippen LogP contribution in [0.5, 0.6) is 0 Å². The van der Waals surface area contributed by atoms with Gasteiger partial charge < -0.3 is 5.32 Å². The van der Waals surface area contributed by atoms with Crippen LogP contribution < -0.4 is 5.32 Å². The highest BCUT2D eigenvalue weighted by atomic mass is 79.9. The molecule has 0 spiro atoms. The average molecular weight is 353 g/mol. The molecule has 1 unspecified atom stereocenters. The molecule has 0 heterocycles. The molecule has 0 saturated carbocycles. The van der Waals surface area contributed by atoms with E-state index in [2.05, 4.69) is 65.4 Å². The van der Waals surface area contributed by atoms with Gasteiger partial charge in [-0.3, -0.25) is 0 Å². The van der Waals surface area contributed by atoms with Crippen molar-refractivity contribution in [2.45, 2.75) is 32.9 Å². The van der Waals surface area contributed by atoms with Gasteiger partial charge in [-0.15, -0.1) is 0 Å². The third-order valence-electron chi connectivity index (χ3n) is 3.30. The Labute approximate surface area is 134 Å². The fraction of sp³-hybridized carbons (Fsp3) is 0.294. The van der Waals surface area contributed by atoms with Gasteiger partial charge in [0.1, 0.15) is 0 Å². The maximum atomic E-state index is 5.90. The van der Waals surface area contributed by atoms with Crippen molar-refractivity contribution in [3.63, 3.8) is 0 Å². The largest absolute Gasteiger partial charge is 0.310 e. The molecule has 0 radical (unpaired) electrons. The lowest BCUT2D eigenvalue weighted by Gasteiger charge is -2.15. The number of halogens is 2. The van der Waals surface area contributed by atoms with Crippen LogP contribution in [0.2, 0.25) is 5.02 Å². The summed E-state index contributed by atoms with van der Waals surface area (Å²) in [6.07, 6.45) is 1.00. The van der Waals surface area contributed by atoms with Gasteiger partial charge in [-0.05, 0) is 55.2 Å². The molecule has 1 N–H and O–H groups in total. The van der Waals surface area contributed by atoms with E-state index in [9.17, 15) is 0 Å². The molecule has 1 atom stereocenters. The minimum atomic E-state index is 0.421. The molecule has 0 saturated heterocycles. The molecular formula is C17H19BrClN. The molecule has 0 aliphatic rings. The number of hydrogen-bond acceptors (Lipinski definition) is 1. The van der Waals surface area contributed by atoms with E-state index in [1.54, 1.807) is 0 Å². The lowest BCUT2D eigenvalue weighted by atomic mass is 10.1. The monoisotopic (exact) mass is 351 g/mol. The molecule has 20 heavy (non-hydrogen) atoms. The standard InChI is InChI=1S/C17H19BrClN/c1-12-3-6-15(17(18)9-12)11-20-13(2)10-14-4-7-16(19)8-5-14/h3-9,13,20H,10-11H2,1-2H3. The Kier molecular flexibility index (Phi) is 5.64. The lowest BCUT2D eigenvalue weighted by molar-refractivity contribution is 0.544. The average Bonchev–Trinajstić information content (AvgIpc) is 2.40. The van der Waals surface area contributed by atoms with Crippen LogP contribution in [0, 0.1) is 6.92 Å². The molecule has 1 nitrogen and oxygen atoms in total. The van der Waals surface area contributed by atoms with Crippen LogP contribution in [0.3, 0.4) is 0 Å². The van der Waals surface area contributed by atoms with E-state index in [4.69, 9.17) is 11.6 Å². The summed E-state index contributed by atoms with van der Waals surface area (Å²) in [5, 5.41) is 4.35. The van der Waals surface area contributed by atoms with E-state index in [1.807, 2.05) is 12.1 Å². The van der Waals surface area contributed by atoms with Crippen molar-refractivity contribution in [3.05, 3.63) is 68.7 Å². The summed E-state index contributed by atoms with van der Waals surface area (Å²) in [6.45, 7) is 5.18. The number of hydrogen-bond donors (Lipinski definition) is 1. The molecule has 2 aromatic carbocycles. The molecule has 0 aromatic heterocycles. The second-order valence-electron chi connectivity index (χ2n) is 5.21. The van der Waals surface area contributed by atoms with Gasteiger partial charge in [-0.2, -0.15) is 0 Å². The van der Waals surface area contributed by atoms with Gasteiger partial charge in [0.05, 0.1) is 0 Å². The Morgan fingerprint density at radius 3 is 2.50 bits per heavy atom. The highest BCUT2D eigenvalue weighted by Crippen LogP contribution is 2.18. The summed E-state index contributed by atoms with van der Waals surface area (Å²) < 4.78 is 1.17. The second kappa shape index (κ2) is 7.26. The fourth-order valence-electron chi connectivity index (χ4n) is 2.13.